The lowest BCUT2D eigenvalue weighted by molar-refractivity contribution is -0.0220. The minimum absolute atomic E-state index is 0.00908. The van der Waals surface area contributed by atoms with Crippen LogP contribution in [0.4, 0.5) is 8.78 Å². The summed E-state index contributed by atoms with van der Waals surface area (Å²) in [6, 6.07) is 8.49. The van der Waals surface area contributed by atoms with Gasteiger partial charge in [-0.3, -0.25) is 0 Å². The summed E-state index contributed by atoms with van der Waals surface area (Å²) < 4.78 is 27.2. The Morgan fingerprint density at radius 2 is 2.06 bits per heavy atom. The zero-order chi connectivity index (χ0) is 13.0. The first-order chi connectivity index (χ1) is 8.63. The van der Waals surface area contributed by atoms with Crippen LogP contribution in [0.1, 0.15) is 37.3 Å². The number of halogens is 2. The van der Waals surface area contributed by atoms with E-state index in [2.05, 4.69) is 5.32 Å². The van der Waals surface area contributed by atoms with Crippen molar-refractivity contribution in [2.75, 3.05) is 6.61 Å². The maximum absolute atomic E-state index is 13.6. The topological polar surface area (TPSA) is 32.3 Å². The Bertz CT molecular complexity index is 369. The molecular weight excluding hydrogens is 236 g/mol. The predicted molar refractivity (Wildman–Crippen MR) is 66.6 cm³/mol. The molecule has 2 N–H and O–H groups in total. The van der Waals surface area contributed by atoms with Gasteiger partial charge in [0.2, 0.25) is 0 Å². The summed E-state index contributed by atoms with van der Waals surface area (Å²) >= 11 is 0. The van der Waals surface area contributed by atoms with Crippen molar-refractivity contribution in [3.05, 3.63) is 35.9 Å². The number of aliphatic hydroxyl groups is 1. The molecule has 1 unspecified atom stereocenters. The van der Waals surface area contributed by atoms with Crippen molar-refractivity contribution in [2.24, 2.45) is 0 Å². The Hall–Kier alpha value is -1.00. The number of benzene rings is 1. The Balaban J connectivity index is 2.07. The molecule has 1 aromatic carbocycles. The van der Waals surface area contributed by atoms with Crippen molar-refractivity contribution in [1.29, 1.82) is 0 Å². The van der Waals surface area contributed by atoms with Crippen molar-refractivity contribution in [3.8, 4) is 0 Å². The second-order valence-electron chi connectivity index (χ2n) is 4.85. The number of nitrogens with one attached hydrogen (secondary N) is 1. The largest absolute Gasteiger partial charge is 0.396 e. The SMILES string of the molecule is OCC[C@@H](NC1CCCC1(F)F)c1ccccc1. The number of hydrogen-bond donors (Lipinski definition) is 2. The lowest BCUT2D eigenvalue weighted by atomic mass is 10.0. The first-order valence-electron chi connectivity index (χ1n) is 6.43. The lowest BCUT2D eigenvalue weighted by Crippen LogP contribution is -2.42. The fraction of sp³-hybridized carbons (Fsp3) is 0.571. The fourth-order valence-corrected chi connectivity index (χ4v) is 2.54. The molecule has 1 aromatic rings. The molecule has 4 heteroatoms. The Morgan fingerprint density at radius 1 is 1.33 bits per heavy atom. The third kappa shape index (κ3) is 3.06. The highest BCUT2D eigenvalue weighted by atomic mass is 19.3. The summed E-state index contributed by atoms with van der Waals surface area (Å²) in [6.45, 7) is -0.00908. The van der Waals surface area contributed by atoms with E-state index in [9.17, 15) is 8.78 Å². The van der Waals surface area contributed by atoms with Gasteiger partial charge in [-0.15, -0.1) is 0 Å². The molecule has 0 heterocycles. The first kappa shape index (κ1) is 13.4. The van der Waals surface area contributed by atoms with Gasteiger partial charge in [-0.25, -0.2) is 8.78 Å². The minimum Gasteiger partial charge on any atom is -0.396 e. The second-order valence-corrected chi connectivity index (χ2v) is 4.85. The van der Waals surface area contributed by atoms with Gasteiger partial charge in [0.1, 0.15) is 0 Å². The summed E-state index contributed by atoms with van der Waals surface area (Å²) in [7, 11) is 0. The molecular formula is C14H19F2NO. The van der Waals surface area contributed by atoms with Crippen molar-refractivity contribution in [3.63, 3.8) is 0 Å². The van der Waals surface area contributed by atoms with Crippen LogP contribution in [0, 0.1) is 0 Å². The average molecular weight is 255 g/mol. The van der Waals surface area contributed by atoms with Gasteiger partial charge in [-0.05, 0) is 24.8 Å². The van der Waals surface area contributed by atoms with Crippen LogP contribution in [-0.2, 0) is 0 Å². The van der Waals surface area contributed by atoms with Crippen LogP contribution < -0.4 is 5.32 Å². The van der Waals surface area contributed by atoms with E-state index in [0.29, 0.717) is 19.3 Å². The van der Waals surface area contributed by atoms with Crippen LogP contribution >= 0.6 is 0 Å². The van der Waals surface area contributed by atoms with Crippen molar-refractivity contribution < 1.29 is 13.9 Å². The van der Waals surface area contributed by atoms with Gasteiger partial charge >= 0.3 is 0 Å². The fourth-order valence-electron chi connectivity index (χ4n) is 2.54. The van der Waals surface area contributed by atoms with Crippen LogP contribution in [0.15, 0.2) is 30.3 Å². The summed E-state index contributed by atoms with van der Waals surface area (Å²) in [6.07, 6.45) is 1.48. The zero-order valence-corrected chi connectivity index (χ0v) is 10.3. The van der Waals surface area contributed by atoms with Crippen LogP contribution in [0.5, 0.6) is 0 Å². The van der Waals surface area contributed by atoms with Crippen LogP contribution in [0.2, 0.25) is 0 Å². The van der Waals surface area contributed by atoms with Crippen LogP contribution in [0.25, 0.3) is 0 Å². The summed E-state index contributed by atoms with van der Waals surface area (Å²) in [5.41, 5.74) is 0.953. The lowest BCUT2D eigenvalue weighted by Gasteiger charge is -2.27. The molecule has 18 heavy (non-hydrogen) atoms. The highest BCUT2D eigenvalue weighted by Crippen LogP contribution is 2.36. The number of rotatable bonds is 5. The molecule has 1 aliphatic carbocycles. The third-order valence-corrected chi connectivity index (χ3v) is 3.53. The van der Waals surface area contributed by atoms with Gasteiger partial charge in [0.25, 0.3) is 5.92 Å². The van der Waals surface area contributed by atoms with Gasteiger partial charge in [-0.2, -0.15) is 0 Å². The maximum atomic E-state index is 13.6. The van der Waals surface area contributed by atoms with Crippen molar-refractivity contribution in [2.45, 2.75) is 43.7 Å². The zero-order valence-electron chi connectivity index (χ0n) is 10.3. The molecule has 0 spiro atoms. The van der Waals surface area contributed by atoms with E-state index in [1.54, 1.807) is 0 Å². The summed E-state index contributed by atoms with van der Waals surface area (Å²) in [5, 5.41) is 12.1. The van der Waals surface area contributed by atoms with Gasteiger partial charge in [0.15, 0.2) is 0 Å². The number of aliphatic hydroxyl groups excluding tert-OH is 1. The van der Waals surface area contributed by atoms with E-state index in [-0.39, 0.29) is 19.1 Å². The van der Waals surface area contributed by atoms with Crippen molar-refractivity contribution >= 4 is 0 Å². The average Bonchev–Trinajstić information content (AvgIpc) is 2.69. The molecule has 0 amide bonds. The molecule has 1 aliphatic rings. The smallest absolute Gasteiger partial charge is 0.263 e. The normalized spacial score (nSPS) is 24.1. The van der Waals surface area contributed by atoms with Gasteiger partial charge < -0.3 is 10.4 Å². The van der Waals surface area contributed by atoms with E-state index in [1.165, 1.54) is 0 Å². The maximum Gasteiger partial charge on any atom is 0.263 e. The molecule has 1 fully saturated rings. The molecule has 0 bridgehead atoms. The molecule has 0 radical (unpaired) electrons. The number of alkyl halides is 2. The van der Waals surface area contributed by atoms with Gasteiger partial charge in [0.05, 0.1) is 6.04 Å². The summed E-state index contributed by atoms with van der Waals surface area (Å²) in [5.74, 6) is -2.62. The minimum atomic E-state index is -2.62. The molecule has 1 saturated carbocycles. The van der Waals surface area contributed by atoms with E-state index < -0.39 is 12.0 Å². The Kier molecular flexibility index (Phi) is 4.30. The van der Waals surface area contributed by atoms with E-state index in [1.807, 2.05) is 30.3 Å². The molecule has 2 atom stereocenters. The molecule has 0 aliphatic heterocycles. The molecule has 2 rings (SSSR count). The first-order valence-corrected chi connectivity index (χ1v) is 6.43. The molecule has 2 nitrogen and oxygen atoms in total. The highest BCUT2D eigenvalue weighted by Gasteiger charge is 2.44. The standard InChI is InChI=1S/C14H19F2NO/c15-14(16)9-4-7-13(14)17-12(8-10-18)11-5-2-1-3-6-11/h1-3,5-6,12-13,17-18H,4,7-10H2/t12-,13?/m1/s1. The van der Waals surface area contributed by atoms with Crippen LogP contribution in [-0.4, -0.2) is 23.7 Å². The van der Waals surface area contributed by atoms with E-state index >= 15 is 0 Å². The summed E-state index contributed by atoms with van der Waals surface area (Å²) in [4.78, 5) is 0. The molecule has 0 saturated heterocycles. The highest BCUT2D eigenvalue weighted by molar-refractivity contribution is 5.19. The number of hydrogen-bond acceptors (Lipinski definition) is 2. The predicted octanol–water partition coefficient (Wildman–Crippen LogP) is 2.89. The quantitative estimate of drug-likeness (QED) is 0.848. The molecule has 100 valence electrons. The monoisotopic (exact) mass is 255 g/mol. The van der Waals surface area contributed by atoms with Crippen molar-refractivity contribution in [1.82, 2.24) is 5.32 Å². The van der Waals surface area contributed by atoms with E-state index in [0.717, 1.165) is 5.56 Å². The van der Waals surface area contributed by atoms with E-state index in [4.69, 9.17) is 5.11 Å². The van der Waals surface area contributed by atoms with Gasteiger partial charge in [0, 0.05) is 19.1 Å². The third-order valence-electron chi connectivity index (χ3n) is 3.53. The van der Waals surface area contributed by atoms with Crippen LogP contribution in [0.3, 0.4) is 0 Å². The second kappa shape index (κ2) is 5.76. The van der Waals surface area contributed by atoms with Gasteiger partial charge in [-0.1, -0.05) is 30.3 Å². The molecule has 0 aromatic heterocycles. The Labute approximate surface area is 106 Å². The Morgan fingerprint density at radius 3 is 2.61 bits per heavy atom.